The molecule has 0 saturated carbocycles. The van der Waals surface area contributed by atoms with Gasteiger partial charge in [0.05, 0.1) is 22.3 Å². The number of carbonyl (C=O) groups excluding carboxylic acids is 2. The van der Waals surface area contributed by atoms with E-state index in [9.17, 15) is 49.2 Å². The summed E-state index contributed by atoms with van der Waals surface area (Å²) in [5.74, 6) is -6.33. The van der Waals surface area contributed by atoms with E-state index in [0.717, 1.165) is 43.5 Å². The summed E-state index contributed by atoms with van der Waals surface area (Å²) >= 11 is 0. The number of benzene rings is 4. The summed E-state index contributed by atoms with van der Waals surface area (Å²) in [6, 6.07) is 19.3. The quantitative estimate of drug-likeness (QED) is 0.0806. The van der Waals surface area contributed by atoms with Crippen LogP contribution in [-0.4, -0.2) is 83.9 Å². The molecule has 0 bridgehead atoms. The van der Waals surface area contributed by atoms with E-state index in [-0.39, 0.29) is 34.2 Å². The second-order valence-electron chi connectivity index (χ2n) is 12.1. The van der Waals surface area contributed by atoms with Gasteiger partial charge in [0.1, 0.15) is 0 Å². The highest BCUT2D eigenvalue weighted by Crippen LogP contribution is 2.26. The van der Waals surface area contributed by atoms with Crippen LogP contribution in [0.5, 0.6) is 0 Å². The zero-order valence-corrected chi connectivity index (χ0v) is 28.1. The van der Waals surface area contributed by atoms with Crippen LogP contribution in [0.1, 0.15) is 92.5 Å². The zero-order valence-electron chi connectivity index (χ0n) is 28.1. The number of piperidine rings is 1. The van der Waals surface area contributed by atoms with Crippen LogP contribution in [0.15, 0.2) is 84.9 Å². The molecule has 6 N–H and O–H groups in total. The lowest BCUT2D eigenvalue weighted by atomic mass is 9.98. The molecule has 0 aliphatic carbocycles. The molecule has 272 valence electrons. The van der Waals surface area contributed by atoms with Gasteiger partial charge in [-0.05, 0) is 67.8 Å². The molecule has 1 aliphatic heterocycles. The molecule has 6 rings (SSSR count). The van der Waals surface area contributed by atoms with Crippen molar-refractivity contribution in [2.75, 3.05) is 28.6 Å². The number of ketones is 2. The van der Waals surface area contributed by atoms with Gasteiger partial charge >= 0.3 is 23.9 Å². The lowest BCUT2D eigenvalue weighted by molar-refractivity contribution is 0.0651. The summed E-state index contributed by atoms with van der Waals surface area (Å²) in [6.45, 7) is 1.41. The fourth-order valence-electron chi connectivity index (χ4n) is 5.88. The normalized spacial score (nSPS) is 12.4. The SMILES string of the molecule is O=C(c1cccc(Nc2nc(Nc3cccc(C(=O)c4ccc(C(=O)O)c(C(=O)O)c4)c3)nc(N3CCCCC3)n2)c1)c1ccc(C(=O)O)c(C(=O)O)c1. The van der Waals surface area contributed by atoms with Gasteiger partial charge in [0, 0.05) is 46.7 Å². The molecule has 0 amide bonds. The van der Waals surface area contributed by atoms with E-state index in [1.54, 1.807) is 24.3 Å². The highest BCUT2D eigenvalue weighted by molar-refractivity contribution is 6.13. The van der Waals surface area contributed by atoms with Crippen molar-refractivity contribution in [1.29, 1.82) is 0 Å². The smallest absolute Gasteiger partial charge is 0.336 e. The Bertz CT molecular complexity index is 2200. The predicted octanol–water partition coefficient (Wildman–Crippen LogP) is 5.60. The van der Waals surface area contributed by atoms with Crippen molar-refractivity contribution in [3.63, 3.8) is 0 Å². The predicted molar refractivity (Wildman–Crippen MR) is 193 cm³/mol. The Kier molecular flexibility index (Phi) is 10.4. The Morgan fingerprint density at radius 3 is 1.30 bits per heavy atom. The average Bonchev–Trinajstić information content (AvgIpc) is 3.17. The first-order valence-corrected chi connectivity index (χ1v) is 16.4. The first-order valence-electron chi connectivity index (χ1n) is 16.4. The summed E-state index contributed by atoms with van der Waals surface area (Å²) in [5.41, 5.74) is -0.797. The topological polar surface area (TPSA) is 249 Å². The summed E-state index contributed by atoms with van der Waals surface area (Å²) in [7, 11) is 0. The van der Waals surface area contributed by atoms with Crippen LogP contribution >= 0.6 is 0 Å². The van der Waals surface area contributed by atoms with Crippen molar-refractivity contribution in [2.24, 2.45) is 0 Å². The van der Waals surface area contributed by atoms with Gasteiger partial charge in [0.25, 0.3) is 0 Å². The molecule has 1 aliphatic rings. The van der Waals surface area contributed by atoms with Crippen LogP contribution in [0.3, 0.4) is 0 Å². The fourth-order valence-corrected chi connectivity index (χ4v) is 5.88. The largest absolute Gasteiger partial charge is 0.478 e. The third-order valence-electron chi connectivity index (χ3n) is 8.51. The van der Waals surface area contributed by atoms with Gasteiger partial charge in [0.2, 0.25) is 17.8 Å². The van der Waals surface area contributed by atoms with E-state index in [1.165, 1.54) is 36.4 Å². The molecule has 0 spiro atoms. The Morgan fingerprint density at radius 1 is 0.481 bits per heavy atom. The van der Waals surface area contributed by atoms with Crippen LogP contribution in [0, 0.1) is 0 Å². The summed E-state index contributed by atoms with van der Waals surface area (Å²) in [4.78, 5) is 88.8. The van der Waals surface area contributed by atoms with Crippen molar-refractivity contribution in [2.45, 2.75) is 19.3 Å². The van der Waals surface area contributed by atoms with Gasteiger partial charge in [-0.15, -0.1) is 0 Å². The molecule has 0 unspecified atom stereocenters. The van der Waals surface area contributed by atoms with Crippen LogP contribution in [0.4, 0.5) is 29.2 Å². The Labute approximate surface area is 305 Å². The number of rotatable bonds is 13. The molecule has 16 heteroatoms. The number of nitrogens with zero attached hydrogens (tertiary/aromatic N) is 4. The van der Waals surface area contributed by atoms with Gasteiger partial charge in [-0.2, -0.15) is 15.0 Å². The molecule has 5 aromatic rings. The summed E-state index contributed by atoms with van der Waals surface area (Å²) < 4.78 is 0. The minimum absolute atomic E-state index is 0.0195. The number of aromatic carboxylic acids is 4. The standard InChI is InChI=1S/C38H30N6O10/c45-30(22-10-12-26(32(47)48)28(18-22)34(51)52)20-6-4-8-24(16-20)39-36-41-37(43-38(42-36)44-14-2-1-3-15-44)40-25-9-5-7-21(17-25)31(46)23-11-13-27(33(49)50)29(19-23)35(53)54/h4-13,16-19H,1-3,14-15H2,(H,47,48)(H,49,50)(H,51,52)(H,53,54)(H2,39,40,41,42,43). The number of nitrogens with one attached hydrogen (secondary N) is 2. The number of carboxylic acids is 4. The van der Waals surface area contributed by atoms with E-state index < -0.39 is 57.7 Å². The van der Waals surface area contributed by atoms with Crippen LogP contribution in [0.25, 0.3) is 0 Å². The first-order chi connectivity index (χ1) is 25.9. The Hall–Kier alpha value is -7.49. The number of aromatic nitrogens is 3. The molecule has 1 fully saturated rings. The van der Waals surface area contributed by atoms with E-state index in [2.05, 4.69) is 25.6 Å². The number of anilines is 5. The van der Waals surface area contributed by atoms with Crippen LogP contribution in [0.2, 0.25) is 0 Å². The molecule has 16 nitrogen and oxygen atoms in total. The van der Waals surface area contributed by atoms with Crippen LogP contribution < -0.4 is 15.5 Å². The van der Waals surface area contributed by atoms with E-state index in [1.807, 2.05) is 4.90 Å². The van der Waals surface area contributed by atoms with E-state index in [4.69, 9.17) is 0 Å². The Balaban J connectivity index is 1.28. The number of hydrogen-bond acceptors (Lipinski definition) is 12. The number of hydrogen-bond donors (Lipinski definition) is 6. The molecule has 0 radical (unpaired) electrons. The molecule has 54 heavy (non-hydrogen) atoms. The minimum atomic E-state index is -1.49. The molecule has 2 heterocycles. The van der Waals surface area contributed by atoms with Gasteiger partial charge in [-0.25, -0.2) is 19.2 Å². The second-order valence-corrected chi connectivity index (χ2v) is 12.1. The van der Waals surface area contributed by atoms with Crippen molar-refractivity contribution in [3.05, 3.63) is 129 Å². The Morgan fingerprint density at radius 2 is 0.889 bits per heavy atom. The van der Waals surface area contributed by atoms with Crippen molar-refractivity contribution in [3.8, 4) is 0 Å². The maximum absolute atomic E-state index is 13.4. The third kappa shape index (κ3) is 8.02. The molecule has 0 atom stereocenters. The monoisotopic (exact) mass is 730 g/mol. The average molecular weight is 731 g/mol. The van der Waals surface area contributed by atoms with Crippen molar-refractivity contribution >= 4 is 64.7 Å². The van der Waals surface area contributed by atoms with Crippen molar-refractivity contribution in [1.82, 2.24) is 15.0 Å². The highest BCUT2D eigenvalue weighted by atomic mass is 16.4. The van der Waals surface area contributed by atoms with Gasteiger partial charge in [-0.3, -0.25) is 9.59 Å². The first kappa shape index (κ1) is 36.3. The lowest BCUT2D eigenvalue weighted by Crippen LogP contribution is -2.31. The maximum atomic E-state index is 13.4. The fraction of sp³-hybridized carbons (Fsp3) is 0.132. The van der Waals surface area contributed by atoms with E-state index >= 15 is 0 Å². The summed E-state index contributed by atoms with van der Waals surface area (Å²) in [5, 5.41) is 43.9. The molecule has 4 aromatic carbocycles. The van der Waals surface area contributed by atoms with Gasteiger partial charge < -0.3 is 36.0 Å². The third-order valence-corrected chi connectivity index (χ3v) is 8.51. The molecule has 1 saturated heterocycles. The maximum Gasteiger partial charge on any atom is 0.336 e. The molecular weight excluding hydrogens is 700 g/mol. The zero-order chi connectivity index (χ0) is 38.5. The van der Waals surface area contributed by atoms with Gasteiger partial charge in [-0.1, -0.05) is 36.4 Å². The minimum Gasteiger partial charge on any atom is -0.478 e. The molecule has 1 aromatic heterocycles. The summed E-state index contributed by atoms with van der Waals surface area (Å²) in [6.07, 6.45) is 2.92. The second kappa shape index (κ2) is 15.4. The highest BCUT2D eigenvalue weighted by Gasteiger charge is 2.22. The lowest BCUT2D eigenvalue weighted by Gasteiger charge is -2.27. The van der Waals surface area contributed by atoms with Crippen LogP contribution in [-0.2, 0) is 0 Å². The number of carboxylic acid groups (broad SMARTS) is 4. The molecular formula is C38H30N6O10. The van der Waals surface area contributed by atoms with E-state index in [0.29, 0.717) is 30.4 Å². The van der Waals surface area contributed by atoms with Crippen molar-refractivity contribution < 1.29 is 49.2 Å². The van der Waals surface area contributed by atoms with Gasteiger partial charge in [0.15, 0.2) is 11.6 Å². The number of carbonyl (C=O) groups is 6.